The van der Waals surface area contributed by atoms with Gasteiger partial charge in [-0.3, -0.25) is 4.98 Å². The zero-order chi connectivity index (χ0) is 15.7. The second-order valence-electron chi connectivity index (χ2n) is 5.40. The molecule has 1 saturated heterocycles. The topological polar surface area (TPSA) is 66.4 Å². The molecule has 3 rings (SSSR count). The standard InChI is InChI=1S/C14H18N4O2S2/c1-17(2)13-10-15-9-11(16-13)12-5-3-7-18(12)22(19,20)14-6-4-8-21-14/h4,6,8-10,12H,3,5,7H2,1-2H3/t12-/m0/s1. The second kappa shape index (κ2) is 5.94. The smallest absolute Gasteiger partial charge is 0.253 e. The van der Waals surface area contributed by atoms with Crippen LogP contribution >= 0.6 is 11.3 Å². The molecule has 3 heterocycles. The van der Waals surface area contributed by atoms with Crippen molar-refractivity contribution in [1.29, 1.82) is 0 Å². The van der Waals surface area contributed by atoms with E-state index in [9.17, 15) is 8.42 Å². The fraction of sp³-hybridized carbons (Fsp3) is 0.429. The van der Waals surface area contributed by atoms with Crippen molar-refractivity contribution in [3.8, 4) is 0 Å². The first-order chi connectivity index (χ1) is 10.5. The van der Waals surface area contributed by atoms with Crippen LogP contribution in [0.3, 0.4) is 0 Å². The largest absolute Gasteiger partial charge is 0.361 e. The molecule has 0 saturated carbocycles. The van der Waals surface area contributed by atoms with Crippen LogP contribution in [0.15, 0.2) is 34.1 Å². The van der Waals surface area contributed by atoms with Crippen molar-refractivity contribution in [2.45, 2.75) is 23.1 Å². The molecule has 8 heteroatoms. The number of thiophene rings is 1. The first-order valence-electron chi connectivity index (χ1n) is 7.05. The number of anilines is 1. The highest BCUT2D eigenvalue weighted by Crippen LogP contribution is 2.36. The molecule has 118 valence electrons. The van der Waals surface area contributed by atoms with Crippen molar-refractivity contribution in [2.75, 3.05) is 25.5 Å². The Morgan fingerprint density at radius 2 is 2.18 bits per heavy atom. The fourth-order valence-corrected chi connectivity index (χ4v) is 5.38. The average molecular weight is 338 g/mol. The summed E-state index contributed by atoms with van der Waals surface area (Å²) in [7, 11) is 0.328. The van der Waals surface area contributed by atoms with Gasteiger partial charge in [0.25, 0.3) is 10.0 Å². The Hall–Kier alpha value is -1.51. The van der Waals surface area contributed by atoms with E-state index < -0.39 is 10.0 Å². The Kier molecular flexibility index (Phi) is 4.16. The number of sulfonamides is 1. The summed E-state index contributed by atoms with van der Waals surface area (Å²) in [5.41, 5.74) is 0.712. The predicted molar refractivity (Wildman–Crippen MR) is 86.5 cm³/mol. The molecule has 0 spiro atoms. The lowest BCUT2D eigenvalue weighted by Crippen LogP contribution is -2.31. The van der Waals surface area contributed by atoms with Crippen LogP contribution < -0.4 is 4.90 Å². The van der Waals surface area contributed by atoms with Gasteiger partial charge in [0.15, 0.2) is 0 Å². The average Bonchev–Trinajstić information content (AvgIpc) is 3.19. The Bertz CT molecular complexity index is 744. The Morgan fingerprint density at radius 1 is 1.36 bits per heavy atom. The minimum absolute atomic E-state index is 0.237. The van der Waals surface area contributed by atoms with Gasteiger partial charge in [-0.1, -0.05) is 6.07 Å². The third kappa shape index (κ3) is 2.73. The molecule has 22 heavy (non-hydrogen) atoms. The third-order valence-electron chi connectivity index (χ3n) is 3.70. The minimum Gasteiger partial charge on any atom is -0.361 e. The molecular weight excluding hydrogens is 320 g/mol. The molecule has 1 atom stereocenters. The monoisotopic (exact) mass is 338 g/mol. The van der Waals surface area contributed by atoms with Gasteiger partial charge >= 0.3 is 0 Å². The molecule has 6 nitrogen and oxygen atoms in total. The summed E-state index contributed by atoms with van der Waals surface area (Å²) in [6.07, 6.45) is 4.95. The Morgan fingerprint density at radius 3 is 2.86 bits per heavy atom. The third-order valence-corrected chi connectivity index (χ3v) is 6.98. The maximum absolute atomic E-state index is 12.8. The minimum atomic E-state index is -3.46. The van der Waals surface area contributed by atoms with E-state index in [1.165, 1.54) is 11.3 Å². The van der Waals surface area contributed by atoms with E-state index in [1.807, 2.05) is 19.0 Å². The van der Waals surface area contributed by atoms with Gasteiger partial charge in [-0.2, -0.15) is 4.31 Å². The molecule has 0 bridgehead atoms. The van der Waals surface area contributed by atoms with Gasteiger partial charge in [-0.25, -0.2) is 13.4 Å². The van der Waals surface area contributed by atoms with Crippen LogP contribution in [-0.2, 0) is 10.0 Å². The first kappa shape index (κ1) is 15.4. The lowest BCUT2D eigenvalue weighted by atomic mass is 10.2. The van der Waals surface area contributed by atoms with E-state index in [1.54, 1.807) is 34.2 Å². The molecule has 1 aliphatic rings. The maximum Gasteiger partial charge on any atom is 0.253 e. The van der Waals surface area contributed by atoms with Gasteiger partial charge in [0.05, 0.1) is 24.1 Å². The molecule has 0 amide bonds. The molecule has 0 N–H and O–H groups in total. The first-order valence-corrected chi connectivity index (χ1v) is 9.37. The van der Waals surface area contributed by atoms with Crippen LogP contribution in [0, 0.1) is 0 Å². The molecule has 2 aromatic rings. The molecule has 0 aromatic carbocycles. The zero-order valence-electron chi connectivity index (χ0n) is 12.5. The molecule has 0 unspecified atom stereocenters. The molecule has 0 aliphatic carbocycles. The van der Waals surface area contributed by atoms with Crippen molar-refractivity contribution in [3.05, 3.63) is 35.6 Å². The highest BCUT2D eigenvalue weighted by Gasteiger charge is 2.37. The summed E-state index contributed by atoms with van der Waals surface area (Å²) in [5, 5.41) is 1.78. The molecule has 1 aliphatic heterocycles. The van der Waals surface area contributed by atoms with Crippen LogP contribution in [0.5, 0.6) is 0 Å². The van der Waals surface area contributed by atoms with E-state index in [-0.39, 0.29) is 6.04 Å². The molecular formula is C14H18N4O2S2. The summed E-state index contributed by atoms with van der Waals surface area (Å²) in [6, 6.07) is 3.17. The number of hydrogen-bond donors (Lipinski definition) is 0. The Labute approximate surface area is 134 Å². The van der Waals surface area contributed by atoms with E-state index in [0.717, 1.165) is 18.7 Å². The highest BCUT2D eigenvalue weighted by atomic mass is 32.2. The SMILES string of the molecule is CN(C)c1cncc([C@@H]2CCCN2S(=O)(=O)c2cccs2)n1. The normalized spacial score (nSPS) is 19.5. The van der Waals surface area contributed by atoms with Crippen LogP contribution in [-0.4, -0.2) is 43.3 Å². The quantitative estimate of drug-likeness (QED) is 0.854. The van der Waals surface area contributed by atoms with E-state index in [0.29, 0.717) is 16.4 Å². The van der Waals surface area contributed by atoms with Gasteiger partial charge in [0.2, 0.25) is 0 Å². The van der Waals surface area contributed by atoms with Gasteiger partial charge in [-0.15, -0.1) is 11.3 Å². The number of aromatic nitrogens is 2. The molecule has 2 aromatic heterocycles. The summed E-state index contributed by atoms with van der Waals surface area (Å²) in [5.74, 6) is 0.734. The van der Waals surface area contributed by atoms with Crippen molar-refractivity contribution in [2.24, 2.45) is 0 Å². The Balaban J connectivity index is 1.96. The number of nitrogens with zero attached hydrogens (tertiary/aromatic N) is 4. The van der Waals surface area contributed by atoms with Crippen molar-refractivity contribution >= 4 is 27.2 Å². The lowest BCUT2D eigenvalue weighted by Gasteiger charge is -2.23. The fourth-order valence-electron chi connectivity index (χ4n) is 2.60. The summed E-state index contributed by atoms with van der Waals surface area (Å²) < 4.78 is 27.5. The van der Waals surface area contributed by atoms with Crippen LogP contribution in [0.4, 0.5) is 5.82 Å². The zero-order valence-corrected chi connectivity index (χ0v) is 14.1. The van der Waals surface area contributed by atoms with Gasteiger partial charge in [0, 0.05) is 20.6 Å². The summed E-state index contributed by atoms with van der Waals surface area (Å²) >= 11 is 1.25. The number of rotatable bonds is 4. The maximum atomic E-state index is 12.8. The van der Waals surface area contributed by atoms with Crippen LogP contribution in [0.2, 0.25) is 0 Å². The van der Waals surface area contributed by atoms with Gasteiger partial charge < -0.3 is 4.90 Å². The van der Waals surface area contributed by atoms with E-state index in [2.05, 4.69) is 9.97 Å². The number of hydrogen-bond acceptors (Lipinski definition) is 6. The van der Waals surface area contributed by atoms with Crippen LogP contribution in [0.25, 0.3) is 0 Å². The molecule has 0 radical (unpaired) electrons. The summed E-state index contributed by atoms with van der Waals surface area (Å²) in [4.78, 5) is 10.6. The van der Waals surface area contributed by atoms with E-state index >= 15 is 0 Å². The van der Waals surface area contributed by atoms with Crippen LogP contribution in [0.1, 0.15) is 24.6 Å². The van der Waals surface area contributed by atoms with Gasteiger partial charge in [-0.05, 0) is 24.3 Å². The summed E-state index contributed by atoms with van der Waals surface area (Å²) in [6.45, 7) is 0.527. The second-order valence-corrected chi connectivity index (χ2v) is 8.47. The van der Waals surface area contributed by atoms with Crippen molar-refractivity contribution < 1.29 is 8.42 Å². The van der Waals surface area contributed by atoms with Crippen molar-refractivity contribution in [3.63, 3.8) is 0 Å². The van der Waals surface area contributed by atoms with Crippen molar-refractivity contribution in [1.82, 2.24) is 14.3 Å². The van der Waals surface area contributed by atoms with E-state index in [4.69, 9.17) is 0 Å². The molecule has 1 fully saturated rings. The highest BCUT2D eigenvalue weighted by molar-refractivity contribution is 7.91. The van der Waals surface area contributed by atoms with Gasteiger partial charge in [0.1, 0.15) is 10.0 Å². The lowest BCUT2D eigenvalue weighted by molar-refractivity contribution is 0.391. The predicted octanol–water partition coefficient (Wildman–Crippen LogP) is 2.13.